The van der Waals surface area contributed by atoms with E-state index in [0.717, 1.165) is 0 Å². The first-order valence-electron chi connectivity index (χ1n) is 8.81. The summed E-state index contributed by atoms with van der Waals surface area (Å²) < 4.78 is 39.1. The number of aliphatic imine (C=N–C) groups is 1. The second-order valence-corrected chi connectivity index (χ2v) is 8.95. The number of carbonyl (C=O) groups is 1. The lowest BCUT2D eigenvalue weighted by atomic mass is 9.78. The third-order valence-electron chi connectivity index (χ3n) is 4.66. The smallest absolute Gasteiger partial charge is 0.312 e. The number of esters is 1. The number of ether oxygens (including phenoxy) is 2. The van der Waals surface area contributed by atoms with Gasteiger partial charge in [-0.05, 0) is 39.0 Å². The Morgan fingerprint density at radius 2 is 2.22 bits per heavy atom. The van der Waals surface area contributed by atoms with E-state index < -0.39 is 35.7 Å². The fraction of sp³-hybridized carbons (Fsp3) is 0.579. The zero-order valence-electron chi connectivity index (χ0n) is 15.6. The van der Waals surface area contributed by atoms with Gasteiger partial charge in [0, 0.05) is 22.9 Å². The van der Waals surface area contributed by atoms with Gasteiger partial charge >= 0.3 is 5.97 Å². The molecule has 0 radical (unpaired) electrons. The molecule has 1 aromatic rings. The van der Waals surface area contributed by atoms with Crippen molar-refractivity contribution in [1.29, 1.82) is 0 Å². The first-order chi connectivity index (χ1) is 12.6. The van der Waals surface area contributed by atoms with Crippen LogP contribution in [0.5, 0.6) is 0 Å². The predicted octanol–water partition coefficient (Wildman–Crippen LogP) is 3.46. The molecule has 1 aromatic carbocycles. The van der Waals surface area contributed by atoms with Crippen LogP contribution in [0.4, 0.5) is 14.5 Å². The first kappa shape index (κ1) is 20.1. The van der Waals surface area contributed by atoms with E-state index in [1.54, 1.807) is 20.8 Å². The molecule has 2 heterocycles. The topological polar surface area (TPSA) is 73.9 Å². The average Bonchev–Trinajstić information content (AvgIpc) is 2.94. The van der Waals surface area contributed by atoms with Crippen LogP contribution < -0.4 is 5.73 Å². The van der Waals surface area contributed by atoms with Crippen LogP contribution >= 0.6 is 11.8 Å². The molecular weight excluding hydrogens is 374 g/mol. The van der Waals surface area contributed by atoms with E-state index in [4.69, 9.17) is 20.2 Å². The molecule has 0 bridgehead atoms. The third-order valence-corrected chi connectivity index (χ3v) is 5.75. The maximum atomic E-state index is 14.7. The molecular formula is C19H24F2N2O3S. The molecule has 0 aliphatic carbocycles. The van der Waals surface area contributed by atoms with Gasteiger partial charge in [0.15, 0.2) is 0 Å². The summed E-state index contributed by atoms with van der Waals surface area (Å²) in [6, 6.07) is 4.27. The molecule has 0 spiro atoms. The molecule has 1 fully saturated rings. The Balaban J connectivity index is 1.98. The van der Waals surface area contributed by atoms with Crippen LogP contribution in [0.3, 0.4) is 0 Å². The average molecular weight is 398 g/mol. The molecule has 1 saturated heterocycles. The number of nitrogens with two attached hydrogens (primary N) is 1. The van der Waals surface area contributed by atoms with Gasteiger partial charge in [-0.1, -0.05) is 0 Å². The molecule has 2 aliphatic rings. The lowest BCUT2D eigenvalue weighted by Gasteiger charge is -2.36. The summed E-state index contributed by atoms with van der Waals surface area (Å²) in [5, 5.41) is 0.533. The van der Waals surface area contributed by atoms with Gasteiger partial charge in [0.2, 0.25) is 0 Å². The van der Waals surface area contributed by atoms with Crippen LogP contribution in [-0.4, -0.2) is 41.8 Å². The summed E-state index contributed by atoms with van der Waals surface area (Å²) >= 11 is 1.37. The van der Waals surface area contributed by atoms with Crippen LogP contribution in [0.2, 0.25) is 0 Å². The molecule has 0 aromatic heterocycles. The molecule has 0 amide bonds. The van der Waals surface area contributed by atoms with E-state index in [1.807, 2.05) is 0 Å². The fourth-order valence-corrected chi connectivity index (χ4v) is 4.83. The van der Waals surface area contributed by atoms with Crippen molar-refractivity contribution in [2.75, 3.05) is 24.8 Å². The Morgan fingerprint density at radius 3 is 2.89 bits per heavy atom. The maximum Gasteiger partial charge on any atom is 0.312 e. The number of alkyl halides is 1. The molecule has 3 rings (SSSR count). The highest BCUT2D eigenvalue weighted by Crippen LogP contribution is 2.49. The molecule has 1 unspecified atom stereocenters. The molecule has 27 heavy (non-hydrogen) atoms. The van der Waals surface area contributed by atoms with Gasteiger partial charge < -0.3 is 15.2 Å². The Hall–Kier alpha value is -1.67. The largest absolute Gasteiger partial charge is 0.460 e. The molecule has 0 saturated carbocycles. The van der Waals surface area contributed by atoms with Crippen molar-refractivity contribution < 1.29 is 23.0 Å². The van der Waals surface area contributed by atoms with E-state index in [0.29, 0.717) is 16.5 Å². The number of benzene rings is 1. The molecule has 5 nitrogen and oxygen atoms in total. The number of carbonyl (C=O) groups excluding carboxylic acids is 1. The number of hydrogen-bond donors (Lipinski definition) is 1. The van der Waals surface area contributed by atoms with Crippen LogP contribution in [0, 0.1) is 11.7 Å². The first-order valence-corrected chi connectivity index (χ1v) is 9.79. The van der Waals surface area contributed by atoms with E-state index in [9.17, 15) is 13.6 Å². The Kier molecular flexibility index (Phi) is 5.49. The van der Waals surface area contributed by atoms with Gasteiger partial charge in [-0.15, -0.1) is 11.8 Å². The van der Waals surface area contributed by atoms with Crippen molar-refractivity contribution in [1.82, 2.24) is 0 Å². The minimum absolute atomic E-state index is 0.0133. The highest BCUT2D eigenvalue weighted by Gasteiger charge is 2.54. The second-order valence-electron chi connectivity index (χ2n) is 7.85. The van der Waals surface area contributed by atoms with Gasteiger partial charge in [-0.3, -0.25) is 9.79 Å². The minimum atomic E-state index is -1.08. The summed E-state index contributed by atoms with van der Waals surface area (Å²) in [5.41, 5.74) is 4.84. The van der Waals surface area contributed by atoms with Gasteiger partial charge in [0.25, 0.3) is 0 Å². The second kappa shape index (κ2) is 7.39. The van der Waals surface area contributed by atoms with Gasteiger partial charge in [-0.2, -0.15) is 0 Å². The molecule has 148 valence electrons. The quantitative estimate of drug-likeness (QED) is 0.621. The molecule has 2 N–H and O–H groups in total. The minimum Gasteiger partial charge on any atom is -0.460 e. The zero-order valence-corrected chi connectivity index (χ0v) is 16.4. The number of thioether (sulfide) groups is 1. The van der Waals surface area contributed by atoms with Crippen molar-refractivity contribution in [3.05, 3.63) is 29.6 Å². The summed E-state index contributed by atoms with van der Waals surface area (Å²) in [6.07, 6.45) is -0.675. The number of halogens is 2. The van der Waals surface area contributed by atoms with Crippen LogP contribution in [0.1, 0.15) is 32.8 Å². The summed E-state index contributed by atoms with van der Waals surface area (Å²) in [4.78, 5) is 16.9. The number of rotatable bonds is 4. The predicted molar refractivity (Wildman–Crippen MR) is 102 cm³/mol. The van der Waals surface area contributed by atoms with Crippen LogP contribution in [-0.2, 0) is 19.8 Å². The summed E-state index contributed by atoms with van der Waals surface area (Å²) in [5.74, 6) is -0.739. The normalized spacial score (nSPS) is 27.8. The number of nitrogens with zero attached hydrogens (tertiary/aromatic N) is 1. The summed E-state index contributed by atoms with van der Waals surface area (Å²) in [6.45, 7) is 4.74. The highest BCUT2D eigenvalue weighted by atomic mass is 32.2. The fourth-order valence-electron chi connectivity index (χ4n) is 3.52. The maximum absolute atomic E-state index is 14.7. The van der Waals surface area contributed by atoms with Gasteiger partial charge in [0.05, 0.1) is 24.2 Å². The number of nitrogen functional groups attached to an aromatic ring is 1. The van der Waals surface area contributed by atoms with E-state index in [2.05, 4.69) is 0 Å². The lowest BCUT2D eigenvalue weighted by Crippen LogP contribution is -2.42. The van der Waals surface area contributed by atoms with E-state index >= 15 is 0 Å². The Morgan fingerprint density at radius 1 is 1.48 bits per heavy atom. The van der Waals surface area contributed by atoms with E-state index in [-0.39, 0.29) is 24.5 Å². The van der Waals surface area contributed by atoms with Gasteiger partial charge in [-0.25, -0.2) is 8.78 Å². The van der Waals surface area contributed by atoms with Crippen LogP contribution in [0.15, 0.2) is 23.2 Å². The SMILES string of the molecule is CC(C)(C)OC(=O)CC1=N[C@@]2(c3cc(N)ccc3F)COC(CF)[C@H]2CS1. The van der Waals surface area contributed by atoms with Crippen molar-refractivity contribution in [3.8, 4) is 0 Å². The standard InChI is InChI=1S/C19H24F2N2O3S/c1-18(2,3)26-17(24)7-16-23-19(12-6-11(22)4-5-14(12)21)10-25-15(8-20)13(19)9-27-16/h4-6,13,15H,7-10,22H2,1-3H3/t13-,15?,19-/m1/s1. The van der Waals surface area contributed by atoms with Gasteiger partial charge in [0.1, 0.15) is 23.6 Å². The third kappa shape index (κ3) is 4.11. The van der Waals surface area contributed by atoms with Crippen molar-refractivity contribution in [3.63, 3.8) is 0 Å². The number of anilines is 1. The van der Waals surface area contributed by atoms with Crippen molar-refractivity contribution in [2.24, 2.45) is 10.9 Å². The molecule has 2 aliphatic heterocycles. The van der Waals surface area contributed by atoms with Crippen molar-refractivity contribution in [2.45, 2.75) is 44.4 Å². The summed E-state index contributed by atoms with van der Waals surface area (Å²) in [7, 11) is 0. The lowest BCUT2D eigenvalue weighted by molar-refractivity contribution is -0.153. The highest BCUT2D eigenvalue weighted by molar-refractivity contribution is 8.14. The zero-order chi connectivity index (χ0) is 19.8. The monoisotopic (exact) mass is 398 g/mol. The Bertz CT molecular complexity index is 766. The van der Waals surface area contributed by atoms with E-state index in [1.165, 1.54) is 30.0 Å². The van der Waals surface area contributed by atoms with Crippen molar-refractivity contribution >= 4 is 28.5 Å². The Labute approximate surface area is 161 Å². The molecule has 8 heteroatoms. The van der Waals surface area contributed by atoms with Crippen LogP contribution in [0.25, 0.3) is 0 Å². The number of hydrogen-bond acceptors (Lipinski definition) is 6. The number of fused-ring (bicyclic) bond motifs is 1. The molecule has 3 atom stereocenters.